The van der Waals surface area contributed by atoms with Crippen molar-refractivity contribution in [2.45, 2.75) is 6.42 Å². The number of hydrogen-bond donors (Lipinski definition) is 1. The van der Waals surface area contributed by atoms with Crippen LogP contribution in [0.25, 0.3) is 21.3 Å². The van der Waals surface area contributed by atoms with Gasteiger partial charge < -0.3 is 15.2 Å². The molecule has 6 nitrogen and oxygen atoms in total. The van der Waals surface area contributed by atoms with Crippen LogP contribution in [-0.2, 0) is 0 Å². The molecule has 0 saturated carbocycles. The van der Waals surface area contributed by atoms with E-state index in [1.807, 2.05) is 5.38 Å². The lowest BCUT2D eigenvalue weighted by Crippen LogP contribution is -2.14. The minimum atomic E-state index is -0.531. The van der Waals surface area contributed by atoms with Gasteiger partial charge in [0.1, 0.15) is 22.7 Å². The summed E-state index contributed by atoms with van der Waals surface area (Å²) in [4.78, 5) is 20.8. The summed E-state index contributed by atoms with van der Waals surface area (Å²) in [6, 6.07) is 13.1. The third kappa shape index (κ3) is 4.23. The Morgan fingerprint density at radius 3 is 2.60 bits per heavy atom. The number of ether oxygens (including phenoxy) is 2. The van der Waals surface area contributed by atoms with Crippen LogP contribution in [-0.4, -0.2) is 29.1 Å². The highest BCUT2D eigenvalue weighted by molar-refractivity contribution is 7.17. The highest BCUT2D eigenvalue weighted by Crippen LogP contribution is 2.37. The first kappa shape index (κ1) is 19.8. The third-order valence-corrected chi connectivity index (χ3v) is 5.31. The zero-order valence-corrected chi connectivity index (χ0v) is 16.7. The van der Waals surface area contributed by atoms with Crippen molar-refractivity contribution in [1.29, 1.82) is 0 Å². The molecule has 0 unspecified atom stereocenters. The van der Waals surface area contributed by atoms with Crippen molar-refractivity contribution in [3.8, 4) is 22.8 Å². The average Bonchev–Trinajstić information content (AvgIpc) is 3.19. The molecule has 2 aromatic carbocycles. The zero-order chi connectivity index (χ0) is 20.9. The maximum absolute atomic E-state index is 13.3. The van der Waals surface area contributed by atoms with Gasteiger partial charge in [-0.3, -0.25) is 4.79 Å². The smallest absolute Gasteiger partial charge is 0.252 e. The van der Waals surface area contributed by atoms with Gasteiger partial charge in [0.15, 0.2) is 0 Å². The van der Waals surface area contributed by atoms with Gasteiger partial charge in [0.2, 0.25) is 5.88 Å². The molecule has 4 rings (SSSR count). The van der Waals surface area contributed by atoms with E-state index in [9.17, 15) is 9.18 Å². The van der Waals surface area contributed by atoms with Crippen LogP contribution in [0.4, 0.5) is 4.39 Å². The van der Waals surface area contributed by atoms with Crippen LogP contribution in [0.15, 0.2) is 60.2 Å². The first-order chi connectivity index (χ1) is 14.6. The molecule has 0 saturated heterocycles. The van der Waals surface area contributed by atoms with Gasteiger partial charge in [0.25, 0.3) is 5.91 Å². The summed E-state index contributed by atoms with van der Waals surface area (Å²) in [6.45, 7) is 0.719. The minimum absolute atomic E-state index is 0.288. The number of nitrogens with two attached hydrogens (primary N) is 1. The molecule has 2 heterocycles. The molecule has 4 aromatic rings. The lowest BCUT2D eigenvalue weighted by Gasteiger charge is -2.10. The summed E-state index contributed by atoms with van der Waals surface area (Å²) in [5, 5.41) is 2.76. The second-order valence-electron chi connectivity index (χ2n) is 6.43. The molecule has 1 amide bonds. The number of amides is 1. The number of para-hydroxylation sites is 1. The number of primary amides is 1. The summed E-state index contributed by atoms with van der Waals surface area (Å²) in [6.07, 6.45) is 2.04. The van der Waals surface area contributed by atoms with Crippen LogP contribution in [0.3, 0.4) is 0 Å². The highest BCUT2D eigenvalue weighted by atomic mass is 32.1. The van der Waals surface area contributed by atoms with Crippen LogP contribution in [0, 0.1) is 5.82 Å². The lowest BCUT2D eigenvalue weighted by atomic mass is 10.1. The maximum Gasteiger partial charge on any atom is 0.252 e. The van der Waals surface area contributed by atoms with Crippen LogP contribution < -0.4 is 15.2 Å². The Bertz CT molecular complexity index is 1180. The van der Waals surface area contributed by atoms with Crippen LogP contribution >= 0.6 is 11.3 Å². The molecule has 0 aliphatic carbocycles. The van der Waals surface area contributed by atoms with E-state index in [0.717, 1.165) is 21.3 Å². The van der Waals surface area contributed by atoms with Crippen molar-refractivity contribution < 1.29 is 18.7 Å². The van der Waals surface area contributed by atoms with Crippen molar-refractivity contribution >= 4 is 27.5 Å². The molecule has 0 aliphatic rings. The molecule has 0 radical (unpaired) electrons. The Labute approximate surface area is 176 Å². The number of rotatable bonds is 8. The fourth-order valence-electron chi connectivity index (χ4n) is 3.00. The minimum Gasteiger partial charge on any atom is -0.493 e. The first-order valence-electron chi connectivity index (χ1n) is 9.26. The molecule has 2 aromatic heterocycles. The largest absolute Gasteiger partial charge is 0.493 e. The van der Waals surface area contributed by atoms with E-state index in [0.29, 0.717) is 36.8 Å². The topological polar surface area (TPSA) is 87.3 Å². The second kappa shape index (κ2) is 8.87. The normalized spacial score (nSPS) is 10.8. The van der Waals surface area contributed by atoms with Crippen LogP contribution in [0.1, 0.15) is 16.8 Å². The van der Waals surface area contributed by atoms with Crippen molar-refractivity contribution in [3.05, 3.63) is 71.6 Å². The van der Waals surface area contributed by atoms with E-state index in [2.05, 4.69) is 9.97 Å². The Hall–Kier alpha value is -3.52. The fraction of sp³-hybridized carbons (Fsp3) is 0.136. The maximum atomic E-state index is 13.3. The van der Waals surface area contributed by atoms with Crippen molar-refractivity contribution in [1.82, 2.24) is 9.97 Å². The van der Waals surface area contributed by atoms with Gasteiger partial charge in [-0.15, -0.1) is 11.3 Å². The Morgan fingerprint density at radius 2 is 1.80 bits per heavy atom. The van der Waals surface area contributed by atoms with Gasteiger partial charge in [0, 0.05) is 17.4 Å². The quantitative estimate of drug-likeness (QED) is 0.423. The molecule has 0 fully saturated rings. The summed E-state index contributed by atoms with van der Waals surface area (Å²) in [7, 11) is 0. The standard InChI is InChI=1S/C22H18FN3O3S/c23-15-8-6-14(7-9-15)17-12-30-22-19(17)21(25-13-26-22)29-11-3-10-28-18-5-2-1-4-16(18)20(24)27/h1-2,4-9,12-13H,3,10-11H2,(H2,24,27). The number of aromatic nitrogens is 2. The Balaban J connectivity index is 1.43. The molecule has 152 valence electrons. The number of benzene rings is 2. The Morgan fingerprint density at radius 1 is 1.03 bits per heavy atom. The number of fused-ring (bicyclic) bond motifs is 1. The van der Waals surface area contributed by atoms with Crippen molar-refractivity contribution in [2.24, 2.45) is 5.73 Å². The molecule has 8 heteroatoms. The molecule has 0 aliphatic heterocycles. The van der Waals surface area contributed by atoms with E-state index in [4.69, 9.17) is 15.2 Å². The highest BCUT2D eigenvalue weighted by Gasteiger charge is 2.14. The fourth-order valence-corrected chi connectivity index (χ4v) is 3.91. The first-order valence-corrected chi connectivity index (χ1v) is 10.1. The molecular formula is C22H18FN3O3S. The average molecular weight is 423 g/mol. The Kier molecular flexibility index (Phi) is 5.85. The second-order valence-corrected chi connectivity index (χ2v) is 7.28. The van der Waals surface area contributed by atoms with Gasteiger partial charge in [-0.05, 0) is 29.8 Å². The molecule has 30 heavy (non-hydrogen) atoms. The van der Waals surface area contributed by atoms with Gasteiger partial charge in [-0.2, -0.15) is 0 Å². The van der Waals surface area contributed by atoms with Crippen LogP contribution in [0.2, 0.25) is 0 Å². The summed E-state index contributed by atoms with van der Waals surface area (Å²) in [5.74, 6) is 0.101. The monoisotopic (exact) mass is 423 g/mol. The van der Waals surface area contributed by atoms with E-state index < -0.39 is 5.91 Å². The van der Waals surface area contributed by atoms with Gasteiger partial charge in [-0.1, -0.05) is 24.3 Å². The molecule has 2 N–H and O–H groups in total. The summed E-state index contributed by atoms with van der Waals surface area (Å²) in [5.41, 5.74) is 7.47. The van der Waals surface area contributed by atoms with Gasteiger partial charge in [0.05, 0.1) is 24.2 Å². The van der Waals surface area contributed by atoms with Crippen LogP contribution in [0.5, 0.6) is 11.6 Å². The van der Waals surface area contributed by atoms with Gasteiger partial charge >= 0.3 is 0 Å². The predicted octanol–water partition coefficient (Wildman–Crippen LogP) is 4.44. The molecule has 0 bridgehead atoms. The number of hydrogen-bond acceptors (Lipinski definition) is 6. The SMILES string of the molecule is NC(=O)c1ccccc1OCCCOc1ncnc2scc(-c3ccc(F)cc3)c12. The van der Waals surface area contributed by atoms with Crippen molar-refractivity contribution in [3.63, 3.8) is 0 Å². The lowest BCUT2D eigenvalue weighted by molar-refractivity contribution is 0.0996. The number of nitrogens with zero attached hydrogens (tertiary/aromatic N) is 2. The van der Waals surface area contributed by atoms with Crippen molar-refractivity contribution in [2.75, 3.05) is 13.2 Å². The molecule has 0 spiro atoms. The van der Waals surface area contributed by atoms with Gasteiger partial charge in [-0.25, -0.2) is 14.4 Å². The number of halogens is 1. The van der Waals surface area contributed by atoms with E-state index in [1.165, 1.54) is 29.8 Å². The van der Waals surface area contributed by atoms with E-state index in [-0.39, 0.29) is 5.82 Å². The van der Waals surface area contributed by atoms with E-state index in [1.54, 1.807) is 36.4 Å². The number of carbonyl (C=O) groups is 1. The van der Waals surface area contributed by atoms with E-state index >= 15 is 0 Å². The molecule has 0 atom stereocenters. The zero-order valence-electron chi connectivity index (χ0n) is 15.9. The number of thiophene rings is 1. The number of carbonyl (C=O) groups excluding carboxylic acids is 1. The predicted molar refractivity (Wildman–Crippen MR) is 113 cm³/mol. The molecular weight excluding hydrogens is 405 g/mol. The summed E-state index contributed by atoms with van der Waals surface area (Å²) < 4.78 is 24.8. The third-order valence-electron chi connectivity index (χ3n) is 4.43. The summed E-state index contributed by atoms with van der Waals surface area (Å²) >= 11 is 1.48.